The number of benzene rings is 2. The number of ether oxygens (including phenoxy) is 1. The lowest BCUT2D eigenvalue weighted by Gasteiger charge is -2.25. The molecule has 2 aromatic carbocycles. The van der Waals surface area contributed by atoms with Gasteiger partial charge in [0.1, 0.15) is 5.75 Å². The first-order chi connectivity index (χ1) is 13.6. The summed E-state index contributed by atoms with van der Waals surface area (Å²) in [7, 11) is 0. The molecule has 5 rings (SSSR count). The predicted octanol–water partition coefficient (Wildman–Crippen LogP) is 4.28. The molecular weight excluding hydrogens is 396 g/mol. The van der Waals surface area contributed by atoms with Gasteiger partial charge in [-0.15, -0.1) is 0 Å². The van der Waals surface area contributed by atoms with Crippen LogP contribution >= 0.6 is 23.4 Å². The lowest BCUT2D eigenvalue weighted by molar-refractivity contribution is -0.118. The fraction of sp³-hybridized carbons (Fsp3) is 0.150. The zero-order valence-electron chi connectivity index (χ0n) is 14.8. The number of halogens is 1. The number of fused-ring (bicyclic) bond motifs is 2. The van der Waals surface area contributed by atoms with Gasteiger partial charge in [-0.25, -0.2) is 9.66 Å². The Morgan fingerprint density at radius 2 is 2.14 bits per heavy atom. The summed E-state index contributed by atoms with van der Waals surface area (Å²) >= 11 is 8.11. The highest BCUT2D eigenvalue weighted by Gasteiger charge is 2.30. The van der Waals surface area contributed by atoms with Crippen LogP contribution in [0.4, 0.5) is 5.69 Å². The van der Waals surface area contributed by atoms with Crippen LogP contribution in [0.15, 0.2) is 58.9 Å². The molecule has 28 heavy (non-hydrogen) atoms. The van der Waals surface area contributed by atoms with Crippen LogP contribution in [0.3, 0.4) is 0 Å². The van der Waals surface area contributed by atoms with E-state index in [9.17, 15) is 4.79 Å². The normalized spacial score (nSPS) is 17.9. The first-order valence-electron chi connectivity index (χ1n) is 8.71. The van der Waals surface area contributed by atoms with E-state index in [-0.39, 0.29) is 17.8 Å². The number of imidazole rings is 1. The van der Waals surface area contributed by atoms with Crippen LogP contribution in [-0.4, -0.2) is 27.9 Å². The standard InChI is InChI=1S/C20H15ClN4O2S/c1-11-9-25-20(22-11)28-19(13-4-2-3-5-14(13)21)18(24-25)12-6-7-16-15(8-12)23-17(26)10-27-16/h2-9,19H,10H2,1H3,(H,23,26). The molecule has 0 saturated carbocycles. The van der Waals surface area contributed by atoms with Gasteiger partial charge in [0.15, 0.2) is 11.8 Å². The molecule has 0 aliphatic carbocycles. The van der Waals surface area contributed by atoms with Gasteiger partial charge in [-0.05, 0) is 36.8 Å². The van der Waals surface area contributed by atoms with E-state index < -0.39 is 0 Å². The number of nitrogens with zero attached hydrogens (tertiary/aromatic N) is 3. The van der Waals surface area contributed by atoms with Crippen molar-refractivity contribution in [3.05, 3.63) is 70.5 Å². The topological polar surface area (TPSA) is 68.5 Å². The van der Waals surface area contributed by atoms with Gasteiger partial charge in [-0.3, -0.25) is 4.79 Å². The number of hydrogen-bond donors (Lipinski definition) is 1. The highest BCUT2D eigenvalue weighted by atomic mass is 35.5. The number of thioether (sulfide) groups is 1. The Morgan fingerprint density at radius 1 is 1.29 bits per heavy atom. The smallest absolute Gasteiger partial charge is 0.262 e. The van der Waals surface area contributed by atoms with Crippen LogP contribution in [0, 0.1) is 6.92 Å². The van der Waals surface area contributed by atoms with E-state index in [4.69, 9.17) is 21.4 Å². The van der Waals surface area contributed by atoms with Crippen LogP contribution in [0.5, 0.6) is 5.75 Å². The summed E-state index contributed by atoms with van der Waals surface area (Å²) in [4.78, 5) is 16.3. The molecule has 1 unspecified atom stereocenters. The van der Waals surface area contributed by atoms with Gasteiger partial charge >= 0.3 is 0 Å². The van der Waals surface area contributed by atoms with Gasteiger partial charge in [0.05, 0.1) is 28.5 Å². The van der Waals surface area contributed by atoms with Crippen LogP contribution in [0.2, 0.25) is 5.02 Å². The van der Waals surface area contributed by atoms with E-state index in [0.29, 0.717) is 16.5 Å². The molecule has 0 fully saturated rings. The third-order valence-corrected chi connectivity index (χ3v) is 6.11. The third-order valence-electron chi connectivity index (χ3n) is 4.56. The van der Waals surface area contributed by atoms with Crippen molar-refractivity contribution in [1.29, 1.82) is 0 Å². The molecule has 1 atom stereocenters. The number of amides is 1. The quantitative estimate of drug-likeness (QED) is 0.684. The summed E-state index contributed by atoms with van der Waals surface area (Å²) in [6.07, 6.45) is 1.90. The van der Waals surface area contributed by atoms with Gasteiger partial charge < -0.3 is 10.1 Å². The zero-order valence-corrected chi connectivity index (χ0v) is 16.4. The Morgan fingerprint density at radius 3 is 3.00 bits per heavy atom. The predicted molar refractivity (Wildman–Crippen MR) is 110 cm³/mol. The molecular formula is C20H15ClN4O2S. The number of anilines is 1. The minimum absolute atomic E-state index is 0.0308. The summed E-state index contributed by atoms with van der Waals surface area (Å²) in [6, 6.07) is 13.5. The molecule has 0 spiro atoms. The molecule has 8 heteroatoms. The van der Waals surface area contributed by atoms with Crippen molar-refractivity contribution in [2.75, 3.05) is 11.9 Å². The molecule has 1 amide bonds. The minimum Gasteiger partial charge on any atom is -0.482 e. The molecule has 0 radical (unpaired) electrons. The van der Waals surface area contributed by atoms with Crippen LogP contribution in [-0.2, 0) is 4.79 Å². The fourth-order valence-electron chi connectivity index (χ4n) is 3.29. The van der Waals surface area contributed by atoms with Crippen LogP contribution in [0.25, 0.3) is 0 Å². The largest absolute Gasteiger partial charge is 0.482 e. The van der Waals surface area contributed by atoms with Gasteiger partial charge in [0.2, 0.25) is 0 Å². The summed E-state index contributed by atoms with van der Waals surface area (Å²) in [5.74, 6) is 0.487. The summed E-state index contributed by atoms with van der Waals surface area (Å²) in [5, 5.41) is 9.07. The van der Waals surface area contributed by atoms with Crippen molar-refractivity contribution in [3.8, 4) is 5.75 Å². The Balaban J connectivity index is 1.65. The minimum atomic E-state index is -0.167. The maximum atomic E-state index is 11.7. The molecule has 6 nitrogen and oxygen atoms in total. The zero-order chi connectivity index (χ0) is 19.3. The van der Waals surface area contributed by atoms with Crippen LogP contribution < -0.4 is 10.1 Å². The number of hydrogen-bond acceptors (Lipinski definition) is 5. The van der Waals surface area contributed by atoms with Crippen molar-refractivity contribution in [2.24, 2.45) is 5.10 Å². The molecule has 1 N–H and O–H groups in total. The Kier molecular flexibility index (Phi) is 4.14. The second kappa shape index (κ2) is 6.68. The van der Waals surface area contributed by atoms with Crippen molar-refractivity contribution in [1.82, 2.24) is 9.66 Å². The molecule has 0 bridgehead atoms. The first kappa shape index (κ1) is 17.3. The van der Waals surface area contributed by atoms with Crippen molar-refractivity contribution >= 4 is 40.7 Å². The van der Waals surface area contributed by atoms with Gasteiger partial charge in [0.25, 0.3) is 5.91 Å². The number of aryl methyl sites for hydroxylation is 1. The van der Waals surface area contributed by atoms with Gasteiger partial charge in [-0.1, -0.05) is 41.6 Å². The van der Waals surface area contributed by atoms with E-state index >= 15 is 0 Å². The molecule has 1 aromatic heterocycles. The van der Waals surface area contributed by atoms with Gasteiger partial charge in [0, 0.05) is 10.6 Å². The van der Waals surface area contributed by atoms with Crippen molar-refractivity contribution in [3.63, 3.8) is 0 Å². The van der Waals surface area contributed by atoms with Crippen molar-refractivity contribution in [2.45, 2.75) is 17.3 Å². The van der Waals surface area contributed by atoms with Gasteiger partial charge in [-0.2, -0.15) is 5.10 Å². The lowest BCUT2D eigenvalue weighted by Crippen LogP contribution is -2.26. The number of aromatic nitrogens is 2. The molecule has 2 aliphatic heterocycles. The number of carbonyl (C=O) groups is 1. The molecule has 2 aliphatic rings. The van der Waals surface area contributed by atoms with E-state index in [1.807, 2.05) is 55.6 Å². The average molecular weight is 411 g/mol. The van der Waals surface area contributed by atoms with Crippen molar-refractivity contribution < 1.29 is 9.53 Å². The van der Waals surface area contributed by atoms with E-state index in [2.05, 4.69) is 10.3 Å². The fourth-order valence-corrected chi connectivity index (χ4v) is 4.84. The van der Waals surface area contributed by atoms with E-state index in [1.54, 1.807) is 16.4 Å². The molecule has 3 heterocycles. The second-order valence-corrected chi connectivity index (χ2v) is 8.04. The highest BCUT2D eigenvalue weighted by molar-refractivity contribution is 8.00. The Bertz CT molecular complexity index is 1140. The molecule has 3 aromatic rings. The highest BCUT2D eigenvalue weighted by Crippen LogP contribution is 2.44. The Hall–Kier alpha value is -2.77. The monoisotopic (exact) mass is 410 g/mol. The lowest BCUT2D eigenvalue weighted by atomic mass is 10.0. The summed E-state index contributed by atoms with van der Waals surface area (Å²) in [5.41, 5.74) is 4.24. The molecule has 0 saturated heterocycles. The maximum Gasteiger partial charge on any atom is 0.262 e. The first-order valence-corrected chi connectivity index (χ1v) is 9.97. The van der Waals surface area contributed by atoms with Crippen LogP contribution in [0.1, 0.15) is 22.1 Å². The van der Waals surface area contributed by atoms with E-state index in [0.717, 1.165) is 27.7 Å². The summed E-state index contributed by atoms with van der Waals surface area (Å²) in [6.45, 7) is 1.97. The molecule has 140 valence electrons. The number of nitrogens with one attached hydrogen (secondary N) is 1. The second-order valence-electron chi connectivity index (χ2n) is 6.56. The SMILES string of the molecule is Cc1cn2c(n1)SC(c1ccccc1Cl)C(c1ccc3c(c1)NC(=O)CO3)=N2. The average Bonchev–Trinajstić information content (AvgIpc) is 3.06. The third kappa shape index (κ3) is 2.96. The maximum absolute atomic E-state index is 11.7. The summed E-state index contributed by atoms with van der Waals surface area (Å²) < 4.78 is 7.26. The number of rotatable bonds is 2. The van der Waals surface area contributed by atoms with E-state index in [1.165, 1.54) is 0 Å². The Labute approximate surface area is 170 Å². The number of carbonyl (C=O) groups excluding carboxylic acids is 1.